The second-order valence-corrected chi connectivity index (χ2v) is 29.5. The molecule has 104 heavy (non-hydrogen) atoms. The van der Waals surface area contributed by atoms with Gasteiger partial charge in [-0.2, -0.15) is 4.73 Å². The zero-order valence-corrected chi connectivity index (χ0v) is 60.7. The van der Waals surface area contributed by atoms with Crippen molar-refractivity contribution in [1.29, 1.82) is 0 Å². The van der Waals surface area contributed by atoms with Gasteiger partial charge in [-0.15, -0.1) is 56.7 Å². The Hall–Kier alpha value is -9.36. The first-order valence-corrected chi connectivity index (χ1v) is 36.6. The molecule has 11 unspecified atom stereocenters. The molecule has 0 radical (unpaired) electrons. The maximum atomic E-state index is 15.3. The van der Waals surface area contributed by atoms with Gasteiger partial charge in [0.05, 0.1) is 56.4 Å². The number of hydrogen-bond acceptors (Lipinski definition) is 32. The van der Waals surface area contributed by atoms with Crippen molar-refractivity contribution in [2.45, 2.75) is 114 Å². The third-order valence-corrected chi connectivity index (χ3v) is 22.5. The lowest BCUT2D eigenvalue weighted by Crippen LogP contribution is -2.58. The predicted octanol–water partition coefficient (Wildman–Crippen LogP) is 2.86. The Balaban J connectivity index is 0.972. The summed E-state index contributed by atoms with van der Waals surface area (Å²) >= 11 is 4.62. The van der Waals surface area contributed by atoms with Crippen molar-refractivity contribution in [2.24, 2.45) is 5.73 Å². The lowest BCUT2D eigenvalue weighted by atomic mass is 9.86. The van der Waals surface area contributed by atoms with Gasteiger partial charge < -0.3 is 90.5 Å². The molecule has 2 saturated heterocycles. The van der Waals surface area contributed by atoms with Crippen LogP contribution in [0.15, 0.2) is 56.9 Å². The fourth-order valence-corrected chi connectivity index (χ4v) is 17.1. The van der Waals surface area contributed by atoms with Crippen LogP contribution in [0.2, 0.25) is 0 Å². The normalized spacial score (nSPS) is 24.4. The van der Waals surface area contributed by atoms with E-state index in [1.807, 2.05) is 25.8 Å². The Labute approximate surface area is 610 Å². The van der Waals surface area contributed by atoms with Crippen LogP contribution in [0.3, 0.4) is 0 Å². The highest BCUT2D eigenvalue weighted by atomic mass is 32.1. The molecule has 39 heteroatoms. The van der Waals surface area contributed by atoms with E-state index in [0.29, 0.717) is 16.5 Å². The van der Waals surface area contributed by atoms with Crippen molar-refractivity contribution in [2.75, 3.05) is 61.3 Å². The molecule has 0 spiro atoms. The van der Waals surface area contributed by atoms with Crippen molar-refractivity contribution in [1.82, 2.24) is 71.0 Å². The number of allylic oxidation sites excluding steroid dienone is 1. The molecular weight excluding hydrogens is 1460 g/mol. The first-order valence-electron chi connectivity index (χ1n) is 32.2. The lowest BCUT2D eigenvalue weighted by Gasteiger charge is -2.45. The molecule has 2 fully saturated rings. The Morgan fingerprint density at radius 1 is 0.865 bits per heavy atom. The third kappa shape index (κ3) is 14.4. The topological polar surface area (TPSA) is 446 Å². The van der Waals surface area contributed by atoms with Crippen molar-refractivity contribution in [3.8, 4) is 38.4 Å². The van der Waals surface area contributed by atoms with Crippen LogP contribution >= 0.6 is 56.7 Å². The monoisotopic (exact) mass is 1520 g/mol. The number of nitrogens with two attached hydrogens (primary N) is 1. The highest BCUT2D eigenvalue weighted by molar-refractivity contribution is 7.14. The number of pyridine rings is 1. The molecule has 11 atom stereocenters. The molecule has 12 bridgehead atoms. The van der Waals surface area contributed by atoms with Crippen LogP contribution in [-0.2, 0) is 60.8 Å². The van der Waals surface area contributed by atoms with E-state index in [1.54, 1.807) is 35.5 Å². The van der Waals surface area contributed by atoms with E-state index in [9.17, 15) is 34.5 Å². The predicted molar refractivity (Wildman–Crippen MR) is 372 cm³/mol. The summed E-state index contributed by atoms with van der Waals surface area (Å²) in [5, 5.41) is 54.0. The van der Waals surface area contributed by atoms with E-state index < -0.39 is 133 Å². The number of esters is 2. The van der Waals surface area contributed by atoms with Crippen LogP contribution in [0, 0.1) is 0 Å². The van der Waals surface area contributed by atoms with Crippen molar-refractivity contribution in [3.63, 3.8) is 0 Å². The van der Waals surface area contributed by atoms with Gasteiger partial charge >= 0.3 is 11.9 Å². The molecule has 5 aliphatic heterocycles. The molecule has 6 amide bonds. The number of nitrogens with one attached hydrogen (secondary N) is 5. The number of aromatic hydroxyl groups is 1. The molecule has 34 nitrogen and oxygen atoms in total. The maximum Gasteiger partial charge on any atom is 0.358 e. The van der Waals surface area contributed by atoms with Crippen molar-refractivity contribution < 1.29 is 91.7 Å². The van der Waals surface area contributed by atoms with Crippen molar-refractivity contribution in [3.05, 3.63) is 112 Å². The minimum Gasteiger partial charge on any atom is -0.506 e. The molecule has 10 N–H and O–H groups in total. The molecule has 0 saturated carbocycles. The van der Waals surface area contributed by atoms with Gasteiger partial charge in [-0.3, -0.25) is 33.7 Å². The fraction of sp³-hybridized carbons (Fsp3) is 0.415. The average molecular weight is 1520 g/mol. The molecule has 7 aromatic heterocycles. The molecule has 0 aliphatic carbocycles. The maximum absolute atomic E-state index is 15.3. The summed E-state index contributed by atoms with van der Waals surface area (Å²) in [5.74, 6) is -7.67. The van der Waals surface area contributed by atoms with E-state index in [1.165, 1.54) is 60.4 Å². The third-order valence-electron chi connectivity index (χ3n) is 18.0. The Bertz CT molecular complexity index is 4740. The van der Waals surface area contributed by atoms with Crippen LogP contribution < -0.4 is 37.2 Å². The minimum absolute atomic E-state index is 0.00376. The van der Waals surface area contributed by atoms with Gasteiger partial charge in [-0.25, -0.2) is 39.5 Å². The summed E-state index contributed by atoms with van der Waals surface area (Å²) in [6.45, 7) is 5.18. The van der Waals surface area contributed by atoms with Gasteiger partial charge in [0.25, 0.3) is 23.6 Å². The Kier molecular flexibility index (Phi) is 21.1. The van der Waals surface area contributed by atoms with E-state index in [2.05, 4.69) is 41.5 Å². The number of aliphatic hydroxyl groups is 2. The van der Waals surface area contributed by atoms with Crippen LogP contribution in [0.25, 0.3) is 49.3 Å². The van der Waals surface area contributed by atoms with Gasteiger partial charge in [0.2, 0.25) is 11.8 Å². The standard InChI is InChI=1S/C65H69N15O19S5/c1-26(82)43-57(89)76-44(27(2)92-7)60-71-38(24-102-60)56(88)77-47-49-50(99-41-15-65(4)51(28(3)98-41)79(6)25-97-65)64(91)95-17-29-10-9-11-39-42(29)31(18-94-49)48(80(39)93-8)63(90)96-19-33(68-54(86)36-23-104-62(47)73-36)59-69-34(20-101-59)45-30(58-70-37(21-100-58)55(87)75-43)14-40(83)46(74-45)61-72-35(22-103-61)53(85)67-32(52(66)84)16-78(5)12-13-81/h9-11,14,20-24,26,28,32-33,41,43,47,49-51,81-83H,12-13,15-19,25H2,1-8H3,(H2,66,84)(H,67,85)(H,68,86)(H,75,87)(H,76,89)(H,77,88)/b44-27+. The van der Waals surface area contributed by atoms with Gasteiger partial charge in [-0.05, 0) is 59.5 Å². The number of benzene rings is 1. The summed E-state index contributed by atoms with van der Waals surface area (Å²) in [7, 11) is 6.17. The molecule has 1 aromatic carbocycles. The number of hydrogen-bond donors (Lipinski definition) is 9. The zero-order valence-electron chi connectivity index (χ0n) is 56.6. The van der Waals surface area contributed by atoms with E-state index in [4.69, 9.17) is 58.7 Å². The second kappa shape index (κ2) is 30.0. The number of rotatable bonds is 13. The van der Waals surface area contributed by atoms with Gasteiger partial charge in [0.1, 0.15) is 133 Å². The van der Waals surface area contributed by atoms with Gasteiger partial charge in [0.15, 0.2) is 18.1 Å². The first kappa shape index (κ1) is 73.0. The first-order chi connectivity index (χ1) is 49.8. The Morgan fingerprint density at radius 3 is 2.30 bits per heavy atom. The number of fused-ring (bicyclic) bond motifs is 16. The highest BCUT2D eigenvalue weighted by Gasteiger charge is 2.54. The number of carbonyl (C=O) groups is 8. The summed E-state index contributed by atoms with van der Waals surface area (Å²) in [6, 6.07) is 0.304. The van der Waals surface area contributed by atoms with Crippen LogP contribution in [-0.4, -0.2) is 223 Å². The van der Waals surface area contributed by atoms with Gasteiger partial charge in [-0.1, -0.05) is 12.1 Å². The Morgan fingerprint density at radius 2 is 1.56 bits per heavy atom. The van der Waals surface area contributed by atoms with Crippen LogP contribution in [0.4, 0.5) is 0 Å². The largest absolute Gasteiger partial charge is 0.506 e. The number of carbonyl (C=O) groups excluding carboxylic acids is 8. The molecule has 12 heterocycles. The van der Waals surface area contributed by atoms with Crippen LogP contribution in [0.5, 0.6) is 5.75 Å². The molecular formula is C65H69N15O19S5. The van der Waals surface area contributed by atoms with Crippen LogP contribution in [0.1, 0.15) is 125 Å². The summed E-state index contributed by atoms with van der Waals surface area (Å²) in [6.07, 6.45) is -6.67. The number of aliphatic hydroxyl groups excluding tert-OH is 2. The number of nitrogens with zero attached hydrogens (tertiary/aromatic N) is 9. The molecule has 548 valence electrons. The number of methoxy groups -OCH3 is 1. The van der Waals surface area contributed by atoms with Gasteiger partial charge in [0, 0.05) is 62.9 Å². The van der Waals surface area contributed by atoms with E-state index in [0.717, 1.165) is 56.7 Å². The fourth-order valence-electron chi connectivity index (χ4n) is 13.0. The van der Waals surface area contributed by atoms with E-state index in [-0.39, 0.29) is 132 Å². The smallest absolute Gasteiger partial charge is 0.358 e. The highest BCUT2D eigenvalue weighted by Crippen LogP contribution is 2.44. The molecule has 8 aromatic rings. The van der Waals surface area contributed by atoms with Crippen molar-refractivity contribution >= 4 is 121 Å². The lowest BCUT2D eigenvalue weighted by molar-refractivity contribution is -0.268. The number of primary amides is 1. The number of thiazole rings is 5. The van der Waals surface area contributed by atoms with E-state index >= 15 is 19.2 Å². The average Bonchev–Trinajstić information content (AvgIpc) is 1.59. The summed E-state index contributed by atoms with van der Waals surface area (Å²) in [4.78, 5) is 154. The number of cyclic esters (lactones) is 2. The number of likely N-dealkylation sites (N-methyl/N-ethyl adjacent to an activating group) is 2. The number of ether oxygens (including phenoxy) is 7. The number of amides is 6. The molecule has 5 aliphatic rings. The summed E-state index contributed by atoms with van der Waals surface area (Å²) < 4.78 is 46.0. The quantitative estimate of drug-likeness (QED) is 0.0592. The zero-order chi connectivity index (χ0) is 73.7. The SMILES string of the molecule is CO/C(C)=C1/NC(=O)C(C(C)O)NC(=O)c2csc(n2)-c2cc(O)c(-c3nc(C(=O)NC(CN(C)CCO)C(N)=O)cs3)nc2-c2csc(n2)C2COC(=O)c3c4c5c(cccc5n3OC)COC(=O)C(OC3CC5(C)OCN(C)C5C(C)O3)C(OC4)C(NC(=O)c3csc1n3)c1nc(cs1)C(=O)N2. The number of aromatic nitrogens is 7. The second-order valence-electron chi connectivity index (χ2n) is 25.1. The minimum atomic E-state index is -1.82. The summed E-state index contributed by atoms with van der Waals surface area (Å²) in [5.41, 5.74) is 4.50. The molecule has 13 rings (SSSR count).